The average molecular weight is 808 g/mol. The minimum absolute atomic E-state index is 0. The molecule has 0 aliphatic rings. The number of hydrogen-bond acceptors (Lipinski definition) is 14. The van der Waals surface area contributed by atoms with E-state index in [-0.39, 0.29) is 38.0 Å². The molecule has 0 saturated heterocycles. The Kier molecular flexibility index (Phi) is 25.8. The SMILES string of the molecule is [2H]OC(=O)OCCSSCCNCCCC[C@H](NC(=O)[C@H](CCC(=O)O)NC(=O)[C@H](C)[NH-])C(=O)N[C@@H](CC(=O)O)C(=O)N[C@@H](CC(=O)O)C(=O)O.[V]. The van der Waals surface area contributed by atoms with Crippen LogP contribution >= 0.6 is 21.6 Å². The molecule has 0 spiro atoms. The predicted octanol–water partition coefficient (Wildman–Crippen LogP) is -0.901. The van der Waals surface area contributed by atoms with Gasteiger partial charge in [-0.25, -0.2) is 9.59 Å². The summed E-state index contributed by atoms with van der Waals surface area (Å²) in [7, 11) is 2.91. The van der Waals surface area contributed by atoms with Gasteiger partial charge in [0.15, 0.2) is 0 Å². The third kappa shape index (κ3) is 24.9. The van der Waals surface area contributed by atoms with Gasteiger partial charge >= 0.3 is 31.5 Å². The minimum Gasteiger partial charge on any atom is -0.667 e. The monoisotopic (exact) mass is 807 g/mol. The van der Waals surface area contributed by atoms with Crippen molar-refractivity contribution in [2.24, 2.45) is 0 Å². The summed E-state index contributed by atoms with van der Waals surface area (Å²) in [6, 6.07) is -8.16. The zero-order valence-electron chi connectivity index (χ0n) is 28.4. The van der Waals surface area contributed by atoms with Crippen molar-refractivity contribution in [2.75, 3.05) is 31.2 Å². The van der Waals surface area contributed by atoms with Crippen LogP contribution in [-0.2, 0) is 61.6 Å². The molecule has 0 heterocycles. The van der Waals surface area contributed by atoms with Gasteiger partial charge in [0.2, 0.25) is 23.6 Å². The summed E-state index contributed by atoms with van der Waals surface area (Å²) < 4.78 is 11.0. The van der Waals surface area contributed by atoms with Crippen LogP contribution in [0.3, 0.4) is 0 Å². The van der Waals surface area contributed by atoms with Crippen molar-refractivity contribution in [3.63, 3.8) is 0 Å². The van der Waals surface area contributed by atoms with Crippen molar-refractivity contribution in [3.8, 4) is 0 Å². The molecule has 289 valence electrons. The summed E-state index contributed by atoms with van der Waals surface area (Å²) in [6.45, 7) is 2.30. The van der Waals surface area contributed by atoms with E-state index < -0.39 is 110 Å². The molecule has 51 heavy (non-hydrogen) atoms. The number of rotatable bonds is 28. The molecule has 5 atom stereocenters. The van der Waals surface area contributed by atoms with E-state index in [0.29, 0.717) is 31.0 Å². The van der Waals surface area contributed by atoms with E-state index in [0.717, 1.165) is 0 Å². The van der Waals surface area contributed by atoms with E-state index in [9.17, 15) is 53.4 Å². The smallest absolute Gasteiger partial charge is 0.505 e. The van der Waals surface area contributed by atoms with Gasteiger partial charge in [-0.05, 0) is 32.2 Å². The first-order chi connectivity index (χ1) is 24.0. The molecule has 0 aliphatic heterocycles. The number of amides is 4. The Morgan fingerprint density at radius 2 is 1.20 bits per heavy atom. The van der Waals surface area contributed by atoms with Gasteiger partial charge in [-0.3, -0.25) is 33.6 Å². The molecule has 0 aliphatic carbocycles. The summed E-state index contributed by atoms with van der Waals surface area (Å²) in [6.07, 6.45) is -3.58. The van der Waals surface area contributed by atoms with Crippen LogP contribution in [0.5, 0.6) is 0 Å². The molecule has 0 aromatic carbocycles. The maximum absolute atomic E-state index is 13.4. The number of carboxylic acid groups (broad SMARTS) is 5. The molecule has 1 radical (unpaired) electrons. The maximum atomic E-state index is 13.4. The topological polar surface area (TPSA) is 348 Å². The molecule has 0 bridgehead atoms. The first-order valence-corrected chi connectivity index (χ1v) is 17.5. The van der Waals surface area contributed by atoms with Gasteiger partial charge in [-0.1, -0.05) is 34.6 Å². The van der Waals surface area contributed by atoms with Gasteiger partial charge in [0.1, 0.15) is 30.8 Å². The number of carboxylic acids is 4. The molecular weight excluding hydrogens is 763 g/mol. The second kappa shape index (κ2) is 27.9. The van der Waals surface area contributed by atoms with Crippen LogP contribution in [0.15, 0.2) is 0 Å². The molecule has 21 nitrogen and oxygen atoms in total. The van der Waals surface area contributed by atoms with Crippen molar-refractivity contribution >= 4 is 75.2 Å². The standard InChI is InChI=1S/C27H43N6O15S2.V/c1-14(28)22(40)30-16(5-6-19(34)35)24(42)31-15(4-2-3-7-29-8-10-49-50-11-9-48-27(46)47)23(41)32-17(12-20(36)37)25(43)33-18(26(44)45)13-21(38)39;/h14-18,28-29H,2-13H2,1H3,(H,30,40)(H,31,42)(H,32,41)(H,33,43)(H,34,35)(H,36,37)(H,38,39)(H,44,45)(H,46,47);/q-1;/t14-,15-,16-,17-,18-;/m0./s1/i/hD. The Bertz CT molecular complexity index is 1220. The Balaban J connectivity index is 0. The van der Waals surface area contributed by atoms with Gasteiger partial charge in [0.25, 0.3) is 0 Å². The Morgan fingerprint density at radius 3 is 1.75 bits per heavy atom. The molecule has 4 amide bonds. The number of carbonyl (C=O) groups is 9. The molecule has 0 saturated carbocycles. The van der Waals surface area contributed by atoms with Gasteiger partial charge in [0.05, 0.1) is 12.8 Å². The predicted molar refractivity (Wildman–Crippen MR) is 176 cm³/mol. The maximum Gasteiger partial charge on any atom is 0.505 e. The number of ether oxygens (including phenoxy) is 1. The number of carbonyl (C=O) groups excluding carboxylic acids is 4. The van der Waals surface area contributed by atoms with Crippen LogP contribution in [0, 0.1) is 0 Å². The second-order valence-corrected chi connectivity index (χ2v) is 13.1. The fraction of sp³-hybridized carbons (Fsp3) is 0.667. The fourth-order valence-electron chi connectivity index (χ4n) is 3.79. The molecule has 0 rings (SSSR count). The van der Waals surface area contributed by atoms with E-state index >= 15 is 0 Å². The molecule has 0 aromatic heterocycles. The third-order valence-corrected chi connectivity index (χ3v) is 8.61. The van der Waals surface area contributed by atoms with Gasteiger partial charge < -0.3 is 62.6 Å². The summed E-state index contributed by atoms with van der Waals surface area (Å²) in [4.78, 5) is 107. The van der Waals surface area contributed by atoms with E-state index in [1.165, 1.54) is 28.5 Å². The molecule has 11 N–H and O–H groups in total. The van der Waals surface area contributed by atoms with Crippen molar-refractivity contribution in [1.29, 1.82) is 1.43 Å². The molecule has 0 fully saturated rings. The van der Waals surface area contributed by atoms with Gasteiger partial charge in [-0.2, -0.15) is 0 Å². The summed E-state index contributed by atoms with van der Waals surface area (Å²) in [5.41, 5.74) is 7.55. The van der Waals surface area contributed by atoms with Gasteiger partial charge in [0, 0.05) is 43.0 Å². The largest absolute Gasteiger partial charge is 0.667 e. The van der Waals surface area contributed by atoms with Crippen LogP contribution in [-0.4, -0.2) is 141 Å². The molecular formula is C27H43N6O15S2V-. The van der Waals surface area contributed by atoms with Crippen molar-refractivity contribution in [3.05, 3.63) is 5.73 Å². The zero-order valence-corrected chi connectivity index (χ0v) is 30.4. The number of unbranched alkanes of at least 4 members (excludes halogenated alkanes) is 1. The number of nitrogens with one attached hydrogen (secondary N) is 6. The first kappa shape index (κ1) is 47.2. The average Bonchev–Trinajstić information content (AvgIpc) is 3.04. The Hall–Kier alpha value is -3.77. The third-order valence-electron chi connectivity index (χ3n) is 6.24. The Morgan fingerprint density at radius 1 is 0.686 bits per heavy atom. The van der Waals surface area contributed by atoms with Crippen molar-refractivity contribution < 1.29 is 92.0 Å². The summed E-state index contributed by atoms with van der Waals surface area (Å²) in [5.74, 6) is -9.41. The van der Waals surface area contributed by atoms with Crippen LogP contribution in [0.1, 0.15) is 51.9 Å². The second-order valence-electron chi connectivity index (χ2n) is 10.4. The van der Waals surface area contributed by atoms with Crippen LogP contribution in [0.25, 0.3) is 7.16 Å². The summed E-state index contributed by atoms with van der Waals surface area (Å²) >= 11 is 0. The van der Waals surface area contributed by atoms with Gasteiger partial charge in [-0.15, -0.1) is 0 Å². The molecule has 24 heteroatoms. The molecule has 0 unspecified atom stereocenters. The number of hydrogen-bond donors (Lipinski definition) is 10. The quantitative estimate of drug-likeness (QED) is 0.0260. The van der Waals surface area contributed by atoms with Crippen LogP contribution in [0.4, 0.5) is 4.79 Å². The van der Waals surface area contributed by atoms with Crippen LogP contribution in [0.2, 0.25) is 0 Å². The Labute approximate surface area is 313 Å². The minimum atomic E-state index is -1.96. The van der Waals surface area contributed by atoms with E-state index in [4.69, 9.17) is 17.4 Å². The first-order valence-electron chi connectivity index (χ1n) is 15.4. The fourth-order valence-corrected chi connectivity index (χ4v) is 5.57. The zero-order chi connectivity index (χ0) is 38.9. The van der Waals surface area contributed by atoms with E-state index in [1.807, 2.05) is 5.32 Å². The normalized spacial score (nSPS) is 13.6. The number of aliphatic carboxylic acids is 4. The van der Waals surface area contributed by atoms with E-state index in [1.54, 1.807) is 0 Å². The van der Waals surface area contributed by atoms with Crippen LogP contribution < -0.4 is 26.6 Å². The summed E-state index contributed by atoms with van der Waals surface area (Å²) in [5, 5.41) is 52.0. The van der Waals surface area contributed by atoms with Crippen molar-refractivity contribution in [1.82, 2.24) is 26.6 Å². The van der Waals surface area contributed by atoms with E-state index in [2.05, 4.69) is 31.1 Å². The molecule has 0 aromatic rings. The van der Waals surface area contributed by atoms with Crippen molar-refractivity contribution in [2.45, 2.75) is 82.1 Å².